The first kappa shape index (κ1) is 14.2. The number of nitrogens with one attached hydrogen (secondary N) is 1. The number of hydrogen-bond acceptors (Lipinski definition) is 4. The minimum Gasteiger partial charge on any atom is -0.491 e. The summed E-state index contributed by atoms with van der Waals surface area (Å²) in [4.78, 5) is 0. The van der Waals surface area contributed by atoms with E-state index in [9.17, 15) is 9.50 Å². The van der Waals surface area contributed by atoms with Crippen molar-refractivity contribution in [2.75, 3.05) is 26.4 Å². The molecule has 106 valence electrons. The summed E-state index contributed by atoms with van der Waals surface area (Å²) < 4.78 is 23.3. The molecule has 4 nitrogen and oxygen atoms in total. The van der Waals surface area contributed by atoms with Crippen molar-refractivity contribution in [2.45, 2.75) is 25.0 Å². The topological polar surface area (TPSA) is 50.7 Å². The van der Waals surface area contributed by atoms with E-state index in [1.54, 1.807) is 12.1 Å². The first-order chi connectivity index (χ1) is 9.24. The molecule has 0 bridgehead atoms. The van der Waals surface area contributed by atoms with E-state index in [-0.39, 0.29) is 12.4 Å². The highest BCUT2D eigenvalue weighted by Gasteiger charge is 2.14. The average molecular weight is 269 g/mol. The molecule has 1 atom stereocenters. The average Bonchev–Trinajstić information content (AvgIpc) is 2.45. The van der Waals surface area contributed by atoms with Gasteiger partial charge in [0.15, 0.2) is 0 Å². The van der Waals surface area contributed by atoms with Gasteiger partial charge in [-0.2, -0.15) is 0 Å². The molecule has 0 aliphatic carbocycles. The summed E-state index contributed by atoms with van der Waals surface area (Å²) >= 11 is 0. The number of rotatable bonds is 6. The second kappa shape index (κ2) is 7.43. The third kappa shape index (κ3) is 5.14. The summed E-state index contributed by atoms with van der Waals surface area (Å²) in [6, 6.07) is 6.18. The van der Waals surface area contributed by atoms with E-state index < -0.39 is 6.10 Å². The van der Waals surface area contributed by atoms with Gasteiger partial charge in [0.05, 0.1) is 0 Å². The molecule has 0 unspecified atom stereocenters. The number of aliphatic hydroxyl groups excluding tert-OH is 1. The van der Waals surface area contributed by atoms with Gasteiger partial charge in [-0.1, -0.05) is 0 Å². The maximum absolute atomic E-state index is 12.7. The van der Waals surface area contributed by atoms with Crippen molar-refractivity contribution < 1.29 is 19.0 Å². The molecule has 0 radical (unpaired) electrons. The normalized spacial score (nSPS) is 18.2. The minimum atomic E-state index is -0.576. The smallest absolute Gasteiger partial charge is 0.123 e. The van der Waals surface area contributed by atoms with Crippen molar-refractivity contribution >= 4 is 0 Å². The van der Waals surface area contributed by atoms with Gasteiger partial charge in [0.25, 0.3) is 0 Å². The fraction of sp³-hybridized carbons (Fsp3) is 0.571. The Hall–Kier alpha value is -1.17. The summed E-state index contributed by atoms with van der Waals surface area (Å²) in [7, 11) is 0. The summed E-state index contributed by atoms with van der Waals surface area (Å²) in [5.74, 6) is 0.264. The Morgan fingerprint density at radius 1 is 1.32 bits per heavy atom. The Bertz CT molecular complexity index is 365. The lowest BCUT2D eigenvalue weighted by molar-refractivity contribution is 0.0655. The SMILES string of the molecule is O[C@@H](CNC1CCOCC1)COc1ccc(F)cc1. The molecule has 1 aliphatic heterocycles. The van der Waals surface area contributed by atoms with Gasteiger partial charge in [0, 0.05) is 25.8 Å². The molecular weight excluding hydrogens is 249 g/mol. The van der Waals surface area contributed by atoms with E-state index in [0.29, 0.717) is 18.3 Å². The van der Waals surface area contributed by atoms with Gasteiger partial charge in [-0.25, -0.2) is 4.39 Å². The highest BCUT2D eigenvalue weighted by molar-refractivity contribution is 5.22. The molecule has 1 heterocycles. The number of halogens is 1. The second-order valence-electron chi connectivity index (χ2n) is 4.71. The number of ether oxygens (including phenoxy) is 2. The van der Waals surface area contributed by atoms with Gasteiger partial charge in [-0.05, 0) is 37.1 Å². The lowest BCUT2D eigenvalue weighted by atomic mass is 10.1. The van der Waals surface area contributed by atoms with Crippen molar-refractivity contribution in [1.29, 1.82) is 0 Å². The van der Waals surface area contributed by atoms with Crippen LogP contribution >= 0.6 is 0 Å². The maximum Gasteiger partial charge on any atom is 0.123 e. The van der Waals surface area contributed by atoms with Crippen molar-refractivity contribution in [3.8, 4) is 5.75 Å². The van der Waals surface area contributed by atoms with Crippen LogP contribution in [0.2, 0.25) is 0 Å². The molecule has 1 aromatic carbocycles. The molecule has 0 amide bonds. The third-order valence-electron chi connectivity index (χ3n) is 3.12. The Balaban J connectivity index is 1.63. The monoisotopic (exact) mass is 269 g/mol. The van der Waals surface area contributed by atoms with Gasteiger partial charge in [0.1, 0.15) is 24.3 Å². The zero-order valence-corrected chi connectivity index (χ0v) is 10.8. The Kier molecular flexibility index (Phi) is 5.57. The first-order valence-corrected chi connectivity index (χ1v) is 6.61. The van der Waals surface area contributed by atoms with Gasteiger partial charge < -0.3 is 19.9 Å². The molecule has 0 saturated carbocycles. The molecule has 1 aliphatic rings. The number of aliphatic hydroxyl groups is 1. The molecule has 0 aromatic heterocycles. The minimum absolute atomic E-state index is 0.196. The zero-order chi connectivity index (χ0) is 13.5. The molecule has 2 N–H and O–H groups in total. The molecule has 5 heteroatoms. The van der Waals surface area contributed by atoms with Gasteiger partial charge in [-0.15, -0.1) is 0 Å². The van der Waals surface area contributed by atoms with Crippen LogP contribution in [0.1, 0.15) is 12.8 Å². The van der Waals surface area contributed by atoms with Crippen LogP contribution < -0.4 is 10.1 Å². The van der Waals surface area contributed by atoms with E-state index >= 15 is 0 Å². The van der Waals surface area contributed by atoms with Gasteiger partial charge >= 0.3 is 0 Å². The van der Waals surface area contributed by atoms with Crippen LogP contribution in [0.5, 0.6) is 5.75 Å². The Labute approximate surface area is 112 Å². The number of benzene rings is 1. The second-order valence-corrected chi connectivity index (χ2v) is 4.71. The van der Waals surface area contributed by atoms with Crippen LogP contribution in [-0.2, 0) is 4.74 Å². The first-order valence-electron chi connectivity index (χ1n) is 6.61. The van der Waals surface area contributed by atoms with E-state index in [2.05, 4.69) is 5.32 Å². The molecule has 1 fully saturated rings. The predicted octanol–water partition coefficient (Wildman–Crippen LogP) is 1.33. The Morgan fingerprint density at radius 3 is 2.68 bits per heavy atom. The van der Waals surface area contributed by atoms with Crippen molar-refractivity contribution in [1.82, 2.24) is 5.32 Å². The zero-order valence-electron chi connectivity index (χ0n) is 10.8. The largest absolute Gasteiger partial charge is 0.491 e. The number of hydrogen-bond donors (Lipinski definition) is 2. The van der Waals surface area contributed by atoms with Crippen LogP contribution in [0.25, 0.3) is 0 Å². The van der Waals surface area contributed by atoms with Crippen LogP contribution in [0.4, 0.5) is 4.39 Å². The van der Waals surface area contributed by atoms with Crippen molar-refractivity contribution in [3.63, 3.8) is 0 Å². The fourth-order valence-electron chi connectivity index (χ4n) is 1.99. The lowest BCUT2D eigenvalue weighted by Crippen LogP contribution is -2.40. The Morgan fingerprint density at radius 2 is 2.00 bits per heavy atom. The predicted molar refractivity (Wildman–Crippen MR) is 69.7 cm³/mol. The van der Waals surface area contributed by atoms with Crippen molar-refractivity contribution in [2.24, 2.45) is 0 Å². The van der Waals surface area contributed by atoms with Crippen LogP contribution in [0.3, 0.4) is 0 Å². The van der Waals surface area contributed by atoms with Crippen molar-refractivity contribution in [3.05, 3.63) is 30.1 Å². The molecule has 2 rings (SSSR count). The molecular formula is C14H20FNO3. The molecule has 0 spiro atoms. The highest BCUT2D eigenvalue weighted by Crippen LogP contribution is 2.11. The molecule has 19 heavy (non-hydrogen) atoms. The van der Waals surface area contributed by atoms with Gasteiger partial charge in [-0.3, -0.25) is 0 Å². The van der Waals surface area contributed by atoms with Gasteiger partial charge in [0.2, 0.25) is 0 Å². The summed E-state index contributed by atoms with van der Waals surface area (Å²) in [5.41, 5.74) is 0. The quantitative estimate of drug-likeness (QED) is 0.818. The van der Waals surface area contributed by atoms with E-state index in [4.69, 9.17) is 9.47 Å². The van der Waals surface area contributed by atoms with E-state index in [1.807, 2.05) is 0 Å². The standard InChI is InChI=1S/C14H20FNO3/c15-11-1-3-14(4-2-11)19-10-13(17)9-16-12-5-7-18-8-6-12/h1-4,12-13,16-17H,5-10H2/t13-/m0/s1. The highest BCUT2D eigenvalue weighted by atomic mass is 19.1. The maximum atomic E-state index is 12.7. The van der Waals surface area contributed by atoms with E-state index in [1.165, 1.54) is 12.1 Å². The van der Waals surface area contributed by atoms with Crippen LogP contribution in [0.15, 0.2) is 24.3 Å². The summed E-state index contributed by atoms with van der Waals surface area (Å²) in [6.45, 7) is 2.24. The third-order valence-corrected chi connectivity index (χ3v) is 3.12. The van der Waals surface area contributed by atoms with Crippen LogP contribution in [0, 0.1) is 5.82 Å². The summed E-state index contributed by atoms with van der Waals surface area (Å²) in [5, 5.41) is 13.1. The van der Waals surface area contributed by atoms with Crippen LogP contribution in [-0.4, -0.2) is 43.6 Å². The fourth-order valence-corrected chi connectivity index (χ4v) is 1.99. The molecule has 1 aromatic rings. The molecule has 1 saturated heterocycles. The summed E-state index contributed by atoms with van der Waals surface area (Å²) in [6.07, 6.45) is 1.38. The van der Waals surface area contributed by atoms with E-state index in [0.717, 1.165) is 26.1 Å². The lowest BCUT2D eigenvalue weighted by Gasteiger charge is -2.24.